The molecule has 2 heterocycles. The first-order chi connectivity index (χ1) is 17.8. The number of fused-ring (bicyclic) bond motifs is 1. The zero-order valence-electron chi connectivity index (χ0n) is 22.2. The number of hydrogen-bond donors (Lipinski definition) is 0. The number of hydrogen-bond acceptors (Lipinski definition) is 4. The molecule has 6 nitrogen and oxygen atoms in total. The fourth-order valence-corrected chi connectivity index (χ4v) is 4.45. The summed E-state index contributed by atoms with van der Waals surface area (Å²) in [6, 6.07) is 10.4. The van der Waals surface area contributed by atoms with E-state index in [-0.39, 0.29) is 40.8 Å². The molecule has 0 saturated heterocycles. The molecule has 0 bridgehead atoms. The molecule has 1 unspecified atom stereocenters. The van der Waals surface area contributed by atoms with Gasteiger partial charge in [0, 0.05) is 37.2 Å². The molecule has 0 fully saturated rings. The number of carbonyl (C=O) groups excluding carboxylic acids is 1. The van der Waals surface area contributed by atoms with Crippen LogP contribution < -0.4 is 4.74 Å². The molecule has 10 heteroatoms. The van der Waals surface area contributed by atoms with Gasteiger partial charge in [-0.1, -0.05) is 39.3 Å². The molecule has 1 amide bonds. The molecule has 1 atom stereocenters. The number of nitriles is 1. The number of halogens is 4. The van der Waals surface area contributed by atoms with E-state index < -0.39 is 23.3 Å². The monoisotopic (exact) mass is 546 g/mol. The number of aromatic nitrogens is 2. The Morgan fingerprint density at radius 1 is 1.21 bits per heavy atom. The number of rotatable bonds is 5. The Morgan fingerprint density at radius 2 is 1.84 bits per heavy atom. The van der Waals surface area contributed by atoms with Crippen molar-refractivity contribution >= 4 is 17.5 Å². The first-order valence-electron chi connectivity index (χ1n) is 12.2. The quantitative estimate of drug-likeness (QED) is 0.348. The van der Waals surface area contributed by atoms with Gasteiger partial charge in [-0.15, -0.1) is 0 Å². The van der Waals surface area contributed by atoms with Gasteiger partial charge in [0.05, 0.1) is 22.0 Å². The summed E-state index contributed by atoms with van der Waals surface area (Å²) in [5.41, 5.74) is 1.53. The van der Waals surface area contributed by atoms with Gasteiger partial charge >= 0.3 is 0 Å². The fourth-order valence-electron chi connectivity index (χ4n) is 4.17. The van der Waals surface area contributed by atoms with Crippen molar-refractivity contribution in [1.29, 1.82) is 5.26 Å². The molecule has 38 heavy (non-hydrogen) atoms. The highest BCUT2D eigenvalue weighted by Crippen LogP contribution is 2.38. The molecule has 2 aromatic carbocycles. The summed E-state index contributed by atoms with van der Waals surface area (Å²) >= 11 is 6.41. The molecule has 0 spiro atoms. The Hall–Kier alpha value is -3.51. The third-order valence-corrected chi connectivity index (χ3v) is 6.61. The van der Waals surface area contributed by atoms with Crippen LogP contribution in [0.3, 0.4) is 0 Å². The maximum absolute atomic E-state index is 13.8. The van der Waals surface area contributed by atoms with E-state index in [1.165, 1.54) is 36.1 Å². The van der Waals surface area contributed by atoms with E-state index in [0.29, 0.717) is 5.69 Å². The van der Waals surface area contributed by atoms with E-state index in [4.69, 9.17) is 16.3 Å². The number of amides is 1. The minimum Gasteiger partial charge on any atom is -0.484 e. The van der Waals surface area contributed by atoms with Gasteiger partial charge in [0.2, 0.25) is 0 Å². The molecule has 4 rings (SSSR count). The molecule has 1 aliphatic heterocycles. The predicted octanol–water partition coefficient (Wildman–Crippen LogP) is 6.92. The first kappa shape index (κ1) is 29.1. The second-order valence-electron chi connectivity index (χ2n) is 9.60. The van der Waals surface area contributed by atoms with Crippen molar-refractivity contribution in [2.45, 2.75) is 65.5 Å². The van der Waals surface area contributed by atoms with E-state index in [2.05, 4.69) is 5.10 Å². The SMILES string of the molecule is CC.CC(Oc1ccc(C#N)c(Cl)c1C(=O)N1Cc2cn(-c3ccc(F)cc3)nc2C(C)(C)C1)C(C)(F)F. The Balaban J connectivity index is 0.00000195. The minimum absolute atomic E-state index is 0.0318. The van der Waals surface area contributed by atoms with Crippen LogP contribution in [-0.2, 0) is 12.0 Å². The lowest BCUT2D eigenvalue weighted by Gasteiger charge is -2.37. The van der Waals surface area contributed by atoms with Gasteiger partial charge < -0.3 is 9.64 Å². The van der Waals surface area contributed by atoms with Crippen LogP contribution in [0.25, 0.3) is 5.69 Å². The Morgan fingerprint density at radius 3 is 2.42 bits per heavy atom. The van der Waals surface area contributed by atoms with Crippen LogP contribution in [0.15, 0.2) is 42.6 Å². The third kappa shape index (κ3) is 5.81. The van der Waals surface area contributed by atoms with Crippen LogP contribution in [0.5, 0.6) is 5.75 Å². The fraction of sp³-hybridized carbons (Fsp3) is 0.393. The van der Waals surface area contributed by atoms with E-state index in [9.17, 15) is 23.2 Å². The highest BCUT2D eigenvalue weighted by Gasteiger charge is 2.39. The number of carbonyl (C=O) groups is 1. The topological polar surface area (TPSA) is 71.2 Å². The van der Waals surface area contributed by atoms with Crippen LogP contribution in [0.4, 0.5) is 13.2 Å². The number of ether oxygens (including phenoxy) is 1. The van der Waals surface area contributed by atoms with Gasteiger partial charge in [0.1, 0.15) is 23.2 Å². The second-order valence-corrected chi connectivity index (χ2v) is 9.98. The molecule has 202 valence electrons. The standard InChI is InChI=1S/C26H24ClF3N4O2.C2H6/c1-15(26(4,29)30)36-20-10-5-16(11-31)22(27)21(20)24(35)33-12-17-13-34(19-8-6-18(28)7-9-19)32-23(17)25(2,3)14-33;1-2/h5-10,13,15H,12,14H2,1-4H3;1-2H3. The zero-order valence-corrected chi connectivity index (χ0v) is 22.9. The average Bonchev–Trinajstić information content (AvgIpc) is 3.30. The first-order valence-corrected chi connectivity index (χ1v) is 12.6. The third-order valence-electron chi connectivity index (χ3n) is 6.21. The summed E-state index contributed by atoms with van der Waals surface area (Å²) < 4.78 is 48.1. The summed E-state index contributed by atoms with van der Waals surface area (Å²) in [4.78, 5) is 15.3. The van der Waals surface area contributed by atoms with Crippen molar-refractivity contribution in [2.24, 2.45) is 0 Å². The molecule has 3 aromatic rings. The van der Waals surface area contributed by atoms with Crippen molar-refractivity contribution in [3.05, 3.63) is 75.8 Å². The van der Waals surface area contributed by atoms with E-state index in [1.807, 2.05) is 33.8 Å². The molecule has 0 radical (unpaired) electrons. The number of alkyl halides is 2. The minimum atomic E-state index is -3.17. The second kappa shape index (κ2) is 11.1. The Bertz CT molecular complexity index is 1360. The van der Waals surface area contributed by atoms with E-state index in [1.54, 1.807) is 23.0 Å². The molecular formula is C28H30ClF3N4O2. The number of benzene rings is 2. The van der Waals surface area contributed by atoms with Gasteiger partial charge in [-0.25, -0.2) is 17.9 Å². The lowest BCUT2D eigenvalue weighted by Crippen LogP contribution is -2.45. The van der Waals surface area contributed by atoms with Crippen molar-refractivity contribution in [3.8, 4) is 17.5 Å². The maximum atomic E-state index is 13.8. The summed E-state index contributed by atoms with van der Waals surface area (Å²) in [6.45, 7) is 10.2. The largest absolute Gasteiger partial charge is 0.484 e. The lowest BCUT2D eigenvalue weighted by molar-refractivity contribution is -0.0720. The van der Waals surface area contributed by atoms with Crippen LogP contribution in [0, 0.1) is 17.1 Å². The van der Waals surface area contributed by atoms with Crippen molar-refractivity contribution in [3.63, 3.8) is 0 Å². The van der Waals surface area contributed by atoms with Crippen LogP contribution >= 0.6 is 11.6 Å². The average molecular weight is 547 g/mol. The van der Waals surface area contributed by atoms with Gasteiger partial charge in [0.25, 0.3) is 11.8 Å². The lowest BCUT2D eigenvalue weighted by atomic mass is 9.83. The summed E-state index contributed by atoms with van der Waals surface area (Å²) in [7, 11) is 0. The number of nitrogens with zero attached hydrogens (tertiary/aromatic N) is 4. The summed E-state index contributed by atoms with van der Waals surface area (Å²) in [5, 5.41) is 13.9. The van der Waals surface area contributed by atoms with Crippen LogP contribution in [-0.4, -0.2) is 39.2 Å². The summed E-state index contributed by atoms with van der Waals surface area (Å²) in [6.07, 6.45) is 0.236. The molecule has 0 N–H and O–H groups in total. The van der Waals surface area contributed by atoms with Gasteiger partial charge in [0.15, 0.2) is 6.10 Å². The van der Waals surface area contributed by atoms with Crippen molar-refractivity contribution < 1.29 is 22.7 Å². The molecule has 0 saturated carbocycles. The maximum Gasteiger partial charge on any atom is 0.281 e. The van der Waals surface area contributed by atoms with Gasteiger partial charge in [-0.2, -0.15) is 10.4 Å². The normalized spacial score (nSPS) is 15.0. The highest BCUT2D eigenvalue weighted by atomic mass is 35.5. The van der Waals surface area contributed by atoms with Crippen LogP contribution in [0.2, 0.25) is 5.02 Å². The zero-order chi connectivity index (χ0) is 28.4. The van der Waals surface area contributed by atoms with E-state index >= 15 is 0 Å². The Labute approximate surface area is 225 Å². The van der Waals surface area contributed by atoms with Gasteiger partial charge in [-0.05, 0) is 43.3 Å². The highest BCUT2D eigenvalue weighted by molar-refractivity contribution is 6.35. The van der Waals surface area contributed by atoms with E-state index in [0.717, 1.165) is 18.2 Å². The summed E-state index contributed by atoms with van der Waals surface area (Å²) in [5.74, 6) is -4.20. The van der Waals surface area contributed by atoms with Crippen LogP contribution in [0.1, 0.15) is 68.7 Å². The van der Waals surface area contributed by atoms with Crippen molar-refractivity contribution in [1.82, 2.24) is 14.7 Å². The molecule has 1 aliphatic rings. The predicted molar refractivity (Wildman–Crippen MR) is 140 cm³/mol. The van der Waals surface area contributed by atoms with Crippen molar-refractivity contribution in [2.75, 3.05) is 6.54 Å². The molecular weight excluding hydrogens is 517 g/mol. The van der Waals surface area contributed by atoms with Gasteiger partial charge in [-0.3, -0.25) is 4.79 Å². The molecule has 1 aromatic heterocycles. The molecule has 0 aliphatic carbocycles. The Kier molecular flexibility index (Phi) is 8.47. The smallest absolute Gasteiger partial charge is 0.281 e.